The molecule has 122 valence electrons. The molecule has 1 aliphatic heterocycles. The summed E-state index contributed by atoms with van der Waals surface area (Å²) in [6, 6.07) is 4.23. The molecule has 0 aromatic carbocycles. The summed E-state index contributed by atoms with van der Waals surface area (Å²) in [4.78, 5) is 18.8. The molecule has 22 heavy (non-hydrogen) atoms. The van der Waals surface area contributed by atoms with Gasteiger partial charge in [-0.25, -0.2) is 8.78 Å². The smallest absolute Gasteiger partial charge is 0.251 e. The van der Waals surface area contributed by atoms with Gasteiger partial charge in [0.15, 0.2) is 0 Å². The summed E-state index contributed by atoms with van der Waals surface area (Å²) in [6.45, 7) is 4.41. The number of hydrogen-bond donors (Lipinski definition) is 0. The molecule has 0 N–H and O–H groups in total. The van der Waals surface area contributed by atoms with Crippen molar-refractivity contribution in [2.24, 2.45) is 5.92 Å². The number of hydrogen-bond acceptors (Lipinski definition) is 3. The van der Waals surface area contributed by atoms with Crippen molar-refractivity contribution in [3.8, 4) is 0 Å². The molecule has 1 aliphatic carbocycles. The van der Waals surface area contributed by atoms with Crippen LogP contribution in [0.15, 0.2) is 12.1 Å². The van der Waals surface area contributed by atoms with Crippen LogP contribution in [0, 0.1) is 12.8 Å². The average molecular weight is 328 g/mol. The standard InChI is InChI=1S/C16H22F2N2OS/c1-11-3-4-14(22-11)12-9-13(12)16(21)20-6-2-5-19(7-8-20)10-15(17)18/h3-4,12-13,15H,2,5-10H2,1H3/t12-,13-/m0/s1. The van der Waals surface area contributed by atoms with Crippen molar-refractivity contribution in [2.75, 3.05) is 32.7 Å². The van der Waals surface area contributed by atoms with Crippen LogP contribution in [-0.2, 0) is 4.79 Å². The van der Waals surface area contributed by atoms with Crippen LogP contribution < -0.4 is 0 Å². The van der Waals surface area contributed by atoms with Gasteiger partial charge in [-0.2, -0.15) is 0 Å². The molecule has 1 saturated carbocycles. The molecule has 2 heterocycles. The fraction of sp³-hybridized carbons (Fsp3) is 0.688. The van der Waals surface area contributed by atoms with E-state index in [4.69, 9.17) is 0 Å². The Labute approximate surface area is 133 Å². The molecule has 1 saturated heterocycles. The maximum atomic E-state index is 12.6. The van der Waals surface area contributed by atoms with Gasteiger partial charge in [-0.15, -0.1) is 11.3 Å². The van der Waals surface area contributed by atoms with Crippen molar-refractivity contribution >= 4 is 17.2 Å². The predicted octanol–water partition coefficient (Wildman–Crippen LogP) is 2.96. The highest BCUT2D eigenvalue weighted by Gasteiger charge is 2.46. The van der Waals surface area contributed by atoms with Crippen molar-refractivity contribution in [1.29, 1.82) is 0 Å². The van der Waals surface area contributed by atoms with E-state index in [9.17, 15) is 13.6 Å². The lowest BCUT2D eigenvalue weighted by Crippen LogP contribution is -2.37. The summed E-state index contributed by atoms with van der Waals surface area (Å²) in [5.41, 5.74) is 0. The Kier molecular flexibility index (Phi) is 4.78. The quantitative estimate of drug-likeness (QED) is 0.848. The Morgan fingerprint density at radius 2 is 2.14 bits per heavy atom. The highest BCUT2D eigenvalue weighted by atomic mass is 32.1. The Bertz CT molecular complexity index is 534. The summed E-state index contributed by atoms with van der Waals surface area (Å²) in [5.74, 6) is 0.710. The van der Waals surface area contributed by atoms with Gasteiger partial charge in [0.2, 0.25) is 5.91 Å². The molecular formula is C16H22F2N2OS. The lowest BCUT2D eigenvalue weighted by Gasteiger charge is -2.22. The number of thiophene rings is 1. The van der Waals surface area contributed by atoms with Crippen molar-refractivity contribution in [1.82, 2.24) is 9.80 Å². The number of aryl methyl sites for hydroxylation is 1. The topological polar surface area (TPSA) is 23.6 Å². The zero-order valence-electron chi connectivity index (χ0n) is 12.8. The third-order valence-electron chi connectivity index (χ3n) is 4.53. The van der Waals surface area contributed by atoms with E-state index in [1.54, 1.807) is 16.2 Å². The van der Waals surface area contributed by atoms with Gasteiger partial charge < -0.3 is 4.90 Å². The molecule has 3 rings (SSSR count). The van der Waals surface area contributed by atoms with Crippen LogP contribution in [0.4, 0.5) is 8.78 Å². The molecule has 0 spiro atoms. The van der Waals surface area contributed by atoms with E-state index < -0.39 is 6.43 Å². The zero-order valence-corrected chi connectivity index (χ0v) is 13.6. The normalized spacial score (nSPS) is 26.3. The average Bonchev–Trinajstić information content (AvgIpc) is 3.19. The number of halogens is 2. The van der Waals surface area contributed by atoms with E-state index >= 15 is 0 Å². The van der Waals surface area contributed by atoms with E-state index in [2.05, 4.69) is 19.1 Å². The van der Waals surface area contributed by atoms with E-state index in [-0.39, 0.29) is 18.4 Å². The largest absolute Gasteiger partial charge is 0.341 e. The lowest BCUT2D eigenvalue weighted by atomic mass is 10.2. The van der Waals surface area contributed by atoms with Gasteiger partial charge in [-0.3, -0.25) is 9.69 Å². The van der Waals surface area contributed by atoms with Crippen molar-refractivity contribution in [2.45, 2.75) is 32.1 Å². The van der Waals surface area contributed by atoms with Crippen LogP contribution in [-0.4, -0.2) is 54.9 Å². The number of alkyl halides is 2. The predicted molar refractivity (Wildman–Crippen MR) is 83.5 cm³/mol. The minimum absolute atomic E-state index is 0.111. The molecule has 1 aromatic rings. The Balaban J connectivity index is 1.53. The molecule has 2 aliphatic rings. The summed E-state index contributed by atoms with van der Waals surface area (Å²) in [6.07, 6.45) is -0.568. The van der Waals surface area contributed by atoms with Crippen LogP contribution in [0.25, 0.3) is 0 Å². The second kappa shape index (κ2) is 6.62. The Morgan fingerprint density at radius 3 is 2.82 bits per heavy atom. The third kappa shape index (κ3) is 3.66. The highest BCUT2D eigenvalue weighted by molar-refractivity contribution is 7.12. The van der Waals surface area contributed by atoms with Gasteiger partial charge in [-0.05, 0) is 31.9 Å². The van der Waals surface area contributed by atoms with E-state index in [0.717, 1.165) is 12.8 Å². The maximum absolute atomic E-state index is 12.6. The van der Waals surface area contributed by atoms with E-state index in [1.807, 2.05) is 4.90 Å². The first-order valence-corrected chi connectivity index (χ1v) is 8.72. The second-order valence-corrected chi connectivity index (χ2v) is 7.59. The maximum Gasteiger partial charge on any atom is 0.251 e. The molecule has 0 radical (unpaired) electrons. The summed E-state index contributed by atoms with van der Waals surface area (Å²) in [5, 5.41) is 0. The fourth-order valence-electron chi connectivity index (χ4n) is 3.24. The van der Waals surface area contributed by atoms with Gasteiger partial charge in [0.1, 0.15) is 0 Å². The van der Waals surface area contributed by atoms with Crippen molar-refractivity contribution in [3.05, 3.63) is 21.9 Å². The van der Waals surface area contributed by atoms with Crippen LogP contribution in [0.2, 0.25) is 0 Å². The number of amides is 1. The number of carbonyl (C=O) groups excluding carboxylic acids is 1. The van der Waals surface area contributed by atoms with Gasteiger partial charge in [0, 0.05) is 47.8 Å². The summed E-state index contributed by atoms with van der Waals surface area (Å²) >= 11 is 1.78. The number of carbonyl (C=O) groups is 1. The van der Waals surface area contributed by atoms with Gasteiger partial charge in [-0.1, -0.05) is 0 Å². The van der Waals surface area contributed by atoms with Crippen LogP contribution in [0.1, 0.15) is 28.5 Å². The molecule has 1 aromatic heterocycles. The third-order valence-corrected chi connectivity index (χ3v) is 5.66. The van der Waals surface area contributed by atoms with Crippen LogP contribution in [0.3, 0.4) is 0 Å². The highest BCUT2D eigenvalue weighted by Crippen LogP contribution is 2.50. The second-order valence-electron chi connectivity index (χ2n) is 6.27. The fourth-order valence-corrected chi connectivity index (χ4v) is 4.29. The molecule has 6 heteroatoms. The number of rotatable bonds is 4. The minimum Gasteiger partial charge on any atom is -0.341 e. The first kappa shape index (κ1) is 15.9. The van der Waals surface area contributed by atoms with Crippen molar-refractivity contribution in [3.63, 3.8) is 0 Å². The minimum atomic E-state index is -2.29. The molecule has 2 atom stereocenters. The van der Waals surface area contributed by atoms with Gasteiger partial charge in [0.05, 0.1) is 6.54 Å². The lowest BCUT2D eigenvalue weighted by molar-refractivity contribution is -0.132. The zero-order chi connectivity index (χ0) is 15.7. The SMILES string of the molecule is Cc1ccc([C@H]2C[C@@H]2C(=O)N2CCCN(CC(F)F)CC2)s1. The monoisotopic (exact) mass is 328 g/mol. The molecule has 0 unspecified atom stereocenters. The number of nitrogens with zero attached hydrogens (tertiary/aromatic N) is 2. The molecule has 1 amide bonds. The van der Waals surface area contributed by atoms with Gasteiger partial charge in [0.25, 0.3) is 6.43 Å². The van der Waals surface area contributed by atoms with E-state index in [1.165, 1.54) is 9.75 Å². The molecule has 0 bridgehead atoms. The van der Waals surface area contributed by atoms with E-state index in [0.29, 0.717) is 32.1 Å². The Hall–Kier alpha value is -1.01. The molecular weight excluding hydrogens is 306 g/mol. The molecule has 3 nitrogen and oxygen atoms in total. The van der Waals surface area contributed by atoms with Crippen LogP contribution in [0.5, 0.6) is 0 Å². The first-order chi connectivity index (χ1) is 10.5. The summed E-state index contributed by atoms with van der Waals surface area (Å²) < 4.78 is 24.9. The van der Waals surface area contributed by atoms with Gasteiger partial charge >= 0.3 is 0 Å². The van der Waals surface area contributed by atoms with Crippen molar-refractivity contribution < 1.29 is 13.6 Å². The Morgan fingerprint density at radius 1 is 1.32 bits per heavy atom. The first-order valence-electron chi connectivity index (χ1n) is 7.90. The summed E-state index contributed by atoms with van der Waals surface area (Å²) in [7, 11) is 0. The molecule has 2 fully saturated rings. The van der Waals surface area contributed by atoms with Crippen LogP contribution >= 0.6 is 11.3 Å².